The Balaban J connectivity index is 0.00000256. The molecule has 0 aliphatic heterocycles. The van der Waals surface area contributed by atoms with Crippen molar-refractivity contribution in [2.45, 2.75) is 32.9 Å². The Labute approximate surface area is 107 Å². The number of rotatable bonds is 5. The van der Waals surface area contributed by atoms with E-state index < -0.39 is 6.61 Å². The molecule has 1 aromatic rings. The van der Waals surface area contributed by atoms with E-state index in [0.29, 0.717) is 5.92 Å². The van der Waals surface area contributed by atoms with Crippen molar-refractivity contribution in [3.05, 3.63) is 29.8 Å². The Morgan fingerprint density at radius 2 is 1.76 bits per heavy atom. The van der Waals surface area contributed by atoms with Gasteiger partial charge in [-0.2, -0.15) is 8.78 Å². The number of hydrogen-bond donors (Lipinski definition) is 1. The van der Waals surface area contributed by atoms with Crippen molar-refractivity contribution in [2.24, 2.45) is 11.7 Å². The third kappa shape index (κ3) is 4.88. The fourth-order valence-corrected chi connectivity index (χ4v) is 1.45. The molecule has 0 aliphatic rings. The number of ether oxygens (including phenoxy) is 1. The van der Waals surface area contributed by atoms with Gasteiger partial charge in [-0.25, -0.2) is 0 Å². The van der Waals surface area contributed by atoms with Gasteiger partial charge in [0, 0.05) is 6.04 Å². The van der Waals surface area contributed by atoms with Gasteiger partial charge in [0.1, 0.15) is 5.75 Å². The number of nitrogens with two attached hydrogens (primary N) is 1. The van der Waals surface area contributed by atoms with Crippen LogP contribution in [0.2, 0.25) is 0 Å². The molecule has 1 unspecified atom stereocenters. The Morgan fingerprint density at radius 3 is 2.18 bits per heavy atom. The summed E-state index contributed by atoms with van der Waals surface area (Å²) in [4.78, 5) is 0. The van der Waals surface area contributed by atoms with Crippen molar-refractivity contribution in [2.75, 3.05) is 0 Å². The summed E-state index contributed by atoms with van der Waals surface area (Å²) in [6.07, 6.45) is 0.983. The molecular formula is C12H18ClF2NO. The van der Waals surface area contributed by atoms with Crippen LogP contribution in [0.25, 0.3) is 0 Å². The molecule has 1 rings (SSSR count). The summed E-state index contributed by atoms with van der Waals surface area (Å²) in [5.74, 6) is 0.525. The molecule has 17 heavy (non-hydrogen) atoms. The summed E-state index contributed by atoms with van der Waals surface area (Å²) in [7, 11) is 0. The first-order chi connectivity index (χ1) is 7.54. The molecule has 0 bridgehead atoms. The van der Waals surface area contributed by atoms with E-state index in [4.69, 9.17) is 5.73 Å². The summed E-state index contributed by atoms with van der Waals surface area (Å²) in [5, 5.41) is 0. The molecule has 2 N–H and O–H groups in total. The van der Waals surface area contributed by atoms with E-state index in [1.54, 1.807) is 12.1 Å². The largest absolute Gasteiger partial charge is 0.435 e. The van der Waals surface area contributed by atoms with Gasteiger partial charge < -0.3 is 10.5 Å². The lowest BCUT2D eigenvalue weighted by molar-refractivity contribution is -0.0498. The molecule has 0 saturated heterocycles. The van der Waals surface area contributed by atoms with Crippen molar-refractivity contribution in [3.8, 4) is 5.75 Å². The molecule has 0 heterocycles. The molecule has 0 fully saturated rings. The Kier molecular flexibility index (Phi) is 7.07. The van der Waals surface area contributed by atoms with Gasteiger partial charge in [-0.05, 0) is 23.6 Å². The maximum Gasteiger partial charge on any atom is 0.387 e. The first kappa shape index (κ1) is 16.1. The molecule has 0 aliphatic carbocycles. The first-order valence-corrected chi connectivity index (χ1v) is 5.35. The van der Waals surface area contributed by atoms with E-state index in [2.05, 4.69) is 18.6 Å². The zero-order chi connectivity index (χ0) is 12.1. The van der Waals surface area contributed by atoms with Crippen LogP contribution in [0, 0.1) is 5.92 Å². The number of hydrogen-bond acceptors (Lipinski definition) is 2. The van der Waals surface area contributed by atoms with Gasteiger partial charge in [0.25, 0.3) is 0 Å². The lowest BCUT2D eigenvalue weighted by Gasteiger charge is -2.18. The van der Waals surface area contributed by atoms with E-state index in [0.717, 1.165) is 12.0 Å². The molecular weight excluding hydrogens is 248 g/mol. The lowest BCUT2D eigenvalue weighted by atomic mass is 9.93. The van der Waals surface area contributed by atoms with E-state index in [9.17, 15) is 8.78 Å². The van der Waals surface area contributed by atoms with Crippen LogP contribution in [-0.2, 0) is 0 Å². The van der Waals surface area contributed by atoms with E-state index in [1.165, 1.54) is 12.1 Å². The van der Waals surface area contributed by atoms with Crippen molar-refractivity contribution >= 4 is 12.4 Å². The summed E-state index contributed by atoms with van der Waals surface area (Å²) >= 11 is 0. The Bertz CT molecular complexity index is 319. The molecule has 0 radical (unpaired) electrons. The minimum Gasteiger partial charge on any atom is -0.435 e. The predicted octanol–water partition coefficient (Wildman–Crippen LogP) is 3.76. The topological polar surface area (TPSA) is 35.2 Å². The highest BCUT2D eigenvalue weighted by Gasteiger charge is 2.13. The normalized spacial score (nSPS) is 14.0. The quantitative estimate of drug-likeness (QED) is 0.880. The van der Waals surface area contributed by atoms with Gasteiger partial charge in [0.15, 0.2) is 0 Å². The summed E-state index contributed by atoms with van der Waals surface area (Å²) < 4.78 is 28.1. The number of benzene rings is 1. The SMILES string of the molecule is CCC(C)[C@@H](N)c1ccc(OC(F)F)cc1.Cl. The number of alkyl halides is 2. The van der Waals surface area contributed by atoms with Crippen molar-refractivity contribution in [1.29, 1.82) is 0 Å². The minimum absolute atomic E-state index is 0. The van der Waals surface area contributed by atoms with Crippen LogP contribution in [-0.4, -0.2) is 6.61 Å². The summed E-state index contributed by atoms with van der Waals surface area (Å²) in [6, 6.07) is 6.43. The number of halogens is 3. The fraction of sp³-hybridized carbons (Fsp3) is 0.500. The van der Waals surface area contributed by atoms with Gasteiger partial charge in [0.2, 0.25) is 0 Å². The summed E-state index contributed by atoms with van der Waals surface area (Å²) in [5.41, 5.74) is 6.95. The van der Waals surface area contributed by atoms with E-state index in [-0.39, 0.29) is 24.2 Å². The first-order valence-electron chi connectivity index (χ1n) is 5.35. The highest BCUT2D eigenvalue weighted by molar-refractivity contribution is 5.85. The maximum absolute atomic E-state index is 11.9. The maximum atomic E-state index is 11.9. The fourth-order valence-electron chi connectivity index (χ4n) is 1.45. The molecule has 2 atom stereocenters. The second-order valence-electron chi connectivity index (χ2n) is 3.86. The van der Waals surface area contributed by atoms with Crippen LogP contribution >= 0.6 is 12.4 Å². The van der Waals surface area contributed by atoms with E-state index in [1.807, 2.05) is 0 Å². The second kappa shape index (κ2) is 7.45. The zero-order valence-electron chi connectivity index (χ0n) is 9.90. The molecule has 0 amide bonds. The smallest absolute Gasteiger partial charge is 0.387 e. The van der Waals surface area contributed by atoms with Gasteiger partial charge >= 0.3 is 6.61 Å². The molecule has 2 nitrogen and oxygen atoms in total. The molecule has 5 heteroatoms. The van der Waals surface area contributed by atoms with Crippen LogP contribution in [0.1, 0.15) is 31.9 Å². The van der Waals surface area contributed by atoms with Crippen LogP contribution in [0.4, 0.5) is 8.78 Å². The van der Waals surface area contributed by atoms with Gasteiger partial charge in [0.05, 0.1) is 0 Å². The summed E-state index contributed by atoms with van der Waals surface area (Å²) in [6.45, 7) is 1.35. The van der Waals surface area contributed by atoms with Crippen LogP contribution < -0.4 is 10.5 Å². The average molecular weight is 266 g/mol. The highest BCUT2D eigenvalue weighted by Crippen LogP contribution is 2.24. The molecule has 1 aromatic carbocycles. The highest BCUT2D eigenvalue weighted by atomic mass is 35.5. The second-order valence-corrected chi connectivity index (χ2v) is 3.86. The van der Waals surface area contributed by atoms with Crippen LogP contribution in [0.5, 0.6) is 5.75 Å². The molecule has 0 spiro atoms. The third-order valence-electron chi connectivity index (χ3n) is 2.75. The van der Waals surface area contributed by atoms with Crippen molar-refractivity contribution < 1.29 is 13.5 Å². The van der Waals surface area contributed by atoms with Gasteiger partial charge in [-0.1, -0.05) is 32.4 Å². The Hall–Kier alpha value is -0.870. The van der Waals surface area contributed by atoms with Crippen molar-refractivity contribution in [1.82, 2.24) is 0 Å². The zero-order valence-corrected chi connectivity index (χ0v) is 10.7. The lowest BCUT2D eigenvalue weighted by Crippen LogP contribution is -2.18. The Morgan fingerprint density at radius 1 is 1.24 bits per heavy atom. The third-order valence-corrected chi connectivity index (χ3v) is 2.75. The monoisotopic (exact) mass is 265 g/mol. The standard InChI is InChI=1S/C12H17F2NO.ClH/c1-3-8(2)11(15)9-4-6-10(7-5-9)16-12(13)14;/h4-8,11-12H,3,15H2,1-2H3;1H/t8?,11-;/m1./s1. The minimum atomic E-state index is -2.78. The molecule has 0 aromatic heterocycles. The van der Waals surface area contributed by atoms with Gasteiger partial charge in [-0.3, -0.25) is 0 Å². The molecule has 98 valence electrons. The van der Waals surface area contributed by atoms with Gasteiger partial charge in [-0.15, -0.1) is 12.4 Å². The molecule has 0 saturated carbocycles. The van der Waals surface area contributed by atoms with Crippen LogP contribution in [0.15, 0.2) is 24.3 Å². The average Bonchev–Trinajstić information content (AvgIpc) is 2.27. The van der Waals surface area contributed by atoms with E-state index >= 15 is 0 Å². The van der Waals surface area contributed by atoms with Crippen LogP contribution in [0.3, 0.4) is 0 Å². The van der Waals surface area contributed by atoms with Crippen molar-refractivity contribution in [3.63, 3.8) is 0 Å². The predicted molar refractivity (Wildman–Crippen MR) is 66.7 cm³/mol.